The van der Waals surface area contributed by atoms with Crippen molar-refractivity contribution in [1.82, 2.24) is 26.2 Å². The second kappa shape index (κ2) is 13.5. The highest BCUT2D eigenvalue weighted by Gasteiger charge is 2.70. The first-order valence-corrected chi connectivity index (χ1v) is 19.9. The highest BCUT2D eigenvalue weighted by molar-refractivity contribution is 7.92. The summed E-state index contributed by atoms with van der Waals surface area (Å²) in [7, 11) is -3.35. The highest BCUT2D eigenvalue weighted by Crippen LogP contribution is 2.65. The topological polar surface area (TPSA) is 171 Å². The predicted molar refractivity (Wildman–Crippen MR) is 181 cm³/mol. The van der Waals surface area contributed by atoms with Gasteiger partial charge in [0.25, 0.3) is 5.91 Å². The van der Waals surface area contributed by atoms with Crippen LogP contribution in [0.2, 0.25) is 0 Å². The number of fused-ring (bicyclic) bond motifs is 1. The average Bonchev–Trinajstić information content (AvgIpc) is 3.79. The van der Waals surface area contributed by atoms with Crippen molar-refractivity contribution < 1.29 is 32.4 Å². The van der Waals surface area contributed by atoms with Gasteiger partial charge in [0.2, 0.25) is 17.6 Å². The maximum Gasteiger partial charge on any atom is 0.315 e. The van der Waals surface area contributed by atoms with Gasteiger partial charge in [-0.3, -0.25) is 19.2 Å². The van der Waals surface area contributed by atoms with Gasteiger partial charge in [0.05, 0.1) is 22.6 Å². The van der Waals surface area contributed by atoms with Gasteiger partial charge in [0, 0.05) is 12.6 Å². The third-order valence-corrected chi connectivity index (χ3v) is 14.2. The number of amides is 5. The van der Waals surface area contributed by atoms with E-state index in [0.717, 1.165) is 38.5 Å². The zero-order chi connectivity index (χ0) is 35.2. The minimum atomic E-state index is -3.35. The molecule has 2 unspecified atom stereocenters. The molecule has 2 heterocycles. The lowest BCUT2D eigenvalue weighted by atomic mass is 9.78. The highest BCUT2D eigenvalue weighted by atomic mass is 32.2. The van der Waals surface area contributed by atoms with Crippen LogP contribution < -0.4 is 21.3 Å². The van der Waals surface area contributed by atoms with E-state index in [2.05, 4.69) is 35.1 Å². The molecule has 6 atom stereocenters. The summed E-state index contributed by atoms with van der Waals surface area (Å²) in [6, 6.07) is -3.42. The molecule has 5 fully saturated rings. The van der Waals surface area contributed by atoms with Crippen molar-refractivity contribution in [2.24, 2.45) is 22.7 Å². The maximum atomic E-state index is 14.5. The van der Waals surface area contributed by atoms with Crippen molar-refractivity contribution in [3.8, 4) is 0 Å². The van der Waals surface area contributed by atoms with Crippen molar-refractivity contribution in [1.29, 1.82) is 0 Å². The van der Waals surface area contributed by atoms with E-state index >= 15 is 0 Å². The summed E-state index contributed by atoms with van der Waals surface area (Å²) in [5.74, 6) is -2.14. The molecule has 270 valence electrons. The smallest absolute Gasteiger partial charge is 0.315 e. The summed E-state index contributed by atoms with van der Waals surface area (Å²) in [6.45, 7) is 12.0. The molecule has 0 aromatic heterocycles. The Morgan fingerprint density at radius 1 is 0.938 bits per heavy atom. The normalized spacial score (nSPS) is 29.6. The molecule has 0 aromatic carbocycles. The van der Waals surface area contributed by atoms with Crippen LogP contribution in [0.5, 0.6) is 0 Å². The van der Waals surface area contributed by atoms with E-state index in [9.17, 15) is 32.4 Å². The Kier molecular flexibility index (Phi) is 10.3. The van der Waals surface area contributed by atoms with E-state index in [1.54, 1.807) is 4.90 Å². The zero-order valence-electron chi connectivity index (χ0n) is 29.7. The summed E-state index contributed by atoms with van der Waals surface area (Å²) in [5.41, 5.74) is -1.80. The molecule has 13 heteroatoms. The first-order valence-electron chi connectivity index (χ1n) is 18.2. The van der Waals surface area contributed by atoms with E-state index in [-0.39, 0.29) is 29.0 Å². The minimum absolute atomic E-state index is 0.00883. The molecule has 2 saturated heterocycles. The molecule has 0 bridgehead atoms. The molecule has 5 aliphatic rings. The maximum absolute atomic E-state index is 14.5. The summed E-state index contributed by atoms with van der Waals surface area (Å²) >= 11 is 0. The van der Waals surface area contributed by atoms with Crippen LogP contribution in [-0.2, 0) is 29.0 Å². The molecule has 0 radical (unpaired) electrons. The van der Waals surface area contributed by atoms with Crippen molar-refractivity contribution in [3.63, 3.8) is 0 Å². The summed E-state index contributed by atoms with van der Waals surface area (Å²) < 4.78 is 26.1. The fourth-order valence-corrected chi connectivity index (χ4v) is 11.1. The average molecular weight is 692 g/mol. The molecule has 3 aliphatic carbocycles. The van der Waals surface area contributed by atoms with Gasteiger partial charge in [0.15, 0.2) is 9.84 Å². The lowest BCUT2D eigenvalue weighted by molar-refractivity contribution is -0.145. The van der Waals surface area contributed by atoms with Gasteiger partial charge in [-0.25, -0.2) is 13.2 Å². The van der Waals surface area contributed by atoms with Crippen molar-refractivity contribution >= 4 is 39.4 Å². The number of urea groups is 1. The third kappa shape index (κ3) is 7.40. The molecule has 0 spiro atoms. The van der Waals surface area contributed by atoms with E-state index in [1.807, 2.05) is 27.7 Å². The van der Waals surface area contributed by atoms with E-state index < -0.39 is 73.7 Å². The largest absolute Gasteiger partial charge is 0.347 e. The number of hydrogen-bond donors (Lipinski definition) is 4. The first-order chi connectivity index (χ1) is 22.4. The Bertz CT molecular complexity index is 1400. The number of hydrogen-bond acceptors (Lipinski definition) is 7. The van der Waals surface area contributed by atoms with Crippen molar-refractivity contribution in [2.45, 2.75) is 154 Å². The summed E-state index contributed by atoms with van der Waals surface area (Å²) in [6.07, 6.45) is 8.28. The van der Waals surface area contributed by atoms with E-state index in [4.69, 9.17) is 0 Å². The van der Waals surface area contributed by atoms with E-state index in [0.29, 0.717) is 45.1 Å². The molecular weight excluding hydrogens is 634 g/mol. The number of piperidine rings is 1. The van der Waals surface area contributed by atoms with Gasteiger partial charge >= 0.3 is 6.03 Å². The number of sulfone groups is 1. The molecule has 3 saturated carbocycles. The Hall–Kier alpha value is -2.70. The summed E-state index contributed by atoms with van der Waals surface area (Å²) in [5, 5.41) is 10.9. The second-order valence-electron chi connectivity index (χ2n) is 16.8. The number of nitrogens with zero attached hydrogens (tertiary/aromatic N) is 1. The number of unbranched alkanes of at least 4 members (excludes halogenated alkanes) is 1. The van der Waals surface area contributed by atoms with Crippen LogP contribution in [0, 0.1) is 22.7 Å². The van der Waals surface area contributed by atoms with Crippen molar-refractivity contribution in [2.75, 3.05) is 12.3 Å². The van der Waals surface area contributed by atoms with Gasteiger partial charge in [-0.2, -0.15) is 0 Å². The standard InChI is InChI=1S/C35H57N5O7S/c1-7-8-13-23(27(41)30(43)36-21-15-16-21)37-29(42)26-25-22(34(25,5)6)20-40(26)31(44)28(33(2,3)4)38-32(45)39-35(17-10-9-11-18-35)24-14-12-19-48(24,46)47/h21-26,28H,7-20H2,1-6H3,(H,36,43)(H,37,42)(H2,38,39,45)/t22?,23-,24?,25-,26-,28+/m0/s1. The van der Waals surface area contributed by atoms with Gasteiger partial charge < -0.3 is 26.2 Å². The molecule has 5 amide bonds. The Morgan fingerprint density at radius 2 is 1.60 bits per heavy atom. The third-order valence-electron chi connectivity index (χ3n) is 11.8. The molecule has 12 nitrogen and oxygen atoms in total. The molecule has 4 N–H and O–H groups in total. The quantitative estimate of drug-likeness (QED) is 0.228. The molecule has 5 rings (SSSR count). The fourth-order valence-electron chi connectivity index (χ4n) is 8.72. The molecule has 0 aromatic rings. The first kappa shape index (κ1) is 36.6. The minimum Gasteiger partial charge on any atom is -0.347 e. The number of carbonyl (C=O) groups is 5. The molecular formula is C35H57N5O7S. The predicted octanol–water partition coefficient (Wildman–Crippen LogP) is 2.99. The number of carbonyl (C=O) groups excluding carboxylic acids is 5. The van der Waals surface area contributed by atoms with Gasteiger partial charge in [-0.1, -0.05) is 73.6 Å². The van der Waals surface area contributed by atoms with Crippen LogP contribution in [0.3, 0.4) is 0 Å². The van der Waals surface area contributed by atoms with Crippen LogP contribution in [0.1, 0.15) is 119 Å². The lowest BCUT2D eigenvalue weighted by Gasteiger charge is -2.43. The molecule has 48 heavy (non-hydrogen) atoms. The lowest BCUT2D eigenvalue weighted by Crippen LogP contribution is -2.65. The molecule has 2 aliphatic heterocycles. The van der Waals surface area contributed by atoms with Crippen LogP contribution in [0.4, 0.5) is 4.79 Å². The Balaban J connectivity index is 1.34. The number of nitrogens with one attached hydrogen (secondary N) is 4. The van der Waals surface area contributed by atoms with Crippen molar-refractivity contribution in [3.05, 3.63) is 0 Å². The summed E-state index contributed by atoms with van der Waals surface area (Å²) in [4.78, 5) is 69.7. The number of likely N-dealkylation sites (tertiary alicyclic amines) is 1. The van der Waals surface area contributed by atoms with Gasteiger partial charge in [-0.05, 0) is 67.6 Å². The van der Waals surface area contributed by atoms with Gasteiger partial charge in [-0.15, -0.1) is 0 Å². The van der Waals surface area contributed by atoms with Gasteiger partial charge in [0.1, 0.15) is 12.1 Å². The number of Topliss-reactive ketones (excluding diaryl/α,β-unsaturated/α-hetero) is 1. The van der Waals surface area contributed by atoms with E-state index in [1.165, 1.54) is 0 Å². The second-order valence-corrected chi connectivity index (χ2v) is 19.1. The zero-order valence-corrected chi connectivity index (χ0v) is 30.5. The number of ketones is 1. The Morgan fingerprint density at radius 3 is 2.17 bits per heavy atom. The Labute approximate surface area is 286 Å². The van der Waals surface area contributed by atoms with Crippen LogP contribution in [-0.4, -0.2) is 90.1 Å². The number of rotatable bonds is 12. The SMILES string of the molecule is CCCC[C@H](NC(=O)[C@@H]1[C@@H]2C(CN1C(=O)[C@@H](NC(=O)NC1(C3CCCS3(=O)=O)CCCCC1)C(C)(C)C)C2(C)C)C(=O)C(=O)NC1CC1. The van der Waals surface area contributed by atoms with Crippen LogP contribution in [0.25, 0.3) is 0 Å². The fraction of sp³-hybridized carbons (Fsp3) is 0.857. The van der Waals surface area contributed by atoms with Crippen LogP contribution >= 0.6 is 0 Å². The van der Waals surface area contributed by atoms with Crippen LogP contribution in [0.15, 0.2) is 0 Å². The monoisotopic (exact) mass is 691 g/mol.